The number of aromatic nitrogens is 2. The van der Waals surface area contributed by atoms with Crippen LogP contribution >= 0.6 is 0 Å². The van der Waals surface area contributed by atoms with Crippen molar-refractivity contribution in [3.63, 3.8) is 0 Å². The molecule has 84 valence electrons. The summed E-state index contributed by atoms with van der Waals surface area (Å²) in [6, 6.07) is 4.76. The third-order valence-corrected chi connectivity index (χ3v) is 2.42. The summed E-state index contributed by atoms with van der Waals surface area (Å²) >= 11 is 0. The number of fused-ring (bicyclic) bond motifs is 1. The summed E-state index contributed by atoms with van der Waals surface area (Å²) in [5.74, 6) is -0.0953. The largest absolute Gasteiger partial charge is 0.508 e. The lowest BCUT2D eigenvalue weighted by Gasteiger charge is -2.04. The Morgan fingerprint density at radius 3 is 2.88 bits per heavy atom. The van der Waals surface area contributed by atoms with Crippen molar-refractivity contribution < 1.29 is 15.0 Å². The average molecular weight is 220 g/mol. The molecule has 0 saturated heterocycles. The number of aryl methyl sites for hydroxylation is 1. The Balaban J connectivity index is 2.65. The average Bonchev–Trinajstić information content (AvgIpc) is 2.56. The third kappa shape index (κ3) is 1.71. The Bertz CT molecular complexity index is 545. The van der Waals surface area contributed by atoms with Gasteiger partial charge in [-0.1, -0.05) is 6.92 Å². The summed E-state index contributed by atoms with van der Waals surface area (Å²) < 4.78 is 1.61. The molecule has 0 fully saturated rings. The van der Waals surface area contributed by atoms with Gasteiger partial charge in [0.2, 0.25) is 0 Å². The van der Waals surface area contributed by atoms with Crippen LogP contribution in [0.2, 0.25) is 0 Å². The molecule has 2 aromatic rings. The van der Waals surface area contributed by atoms with Crippen LogP contribution in [-0.4, -0.2) is 25.7 Å². The predicted octanol–water partition coefficient (Wildman–Crippen LogP) is 1.39. The number of nitrogens with zero attached hydrogens (tertiary/aromatic N) is 2. The fourth-order valence-electron chi connectivity index (χ4n) is 1.74. The number of benzene rings is 1. The number of phenols is 1. The summed E-state index contributed by atoms with van der Waals surface area (Å²) in [4.78, 5) is 15.1. The molecule has 2 N–H and O–H groups in total. The first-order valence-corrected chi connectivity index (χ1v) is 5.01. The van der Waals surface area contributed by atoms with Crippen LogP contribution in [0.5, 0.6) is 5.75 Å². The first-order chi connectivity index (χ1) is 7.61. The van der Waals surface area contributed by atoms with Gasteiger partial charge in [-0.2, -0.15) is 0 Å². The summed E-state index contributed by atoms with van der Waals surface area (Å²) in [7, 11) is 0. The second-order valence-corrected chi connectivity index (χ2v) is 3.53. The van der Waals surface area contributed by atoms with Crippen molar-refractivity contribution in [1.29, 1.82) is 0 Å². The molecule has 0 aliphatic carbocycles. The highest BCUT2D eigenvalue weighted by atomic mass is 16.4. The number of aliphatic carboxylic acids is 1. The Hall–Kier alpha value is -2.04. The molecule has 0 unspecified atom stereocenters. The molecular weight excluding hydrogens is 208 g/mol. The number of rotatable bonds is 3. The highest BCUT2D eigenvalue weighted by Crippen LogP contribution is 2.21. The number of carboxylic acid groups (broad SMARTS) is 1. The minimum absolute atomic E-state index is 0.113. The van der Waals surface area contributed by atoms with Gasteiger partial charge >= 0.3 is 5.97 Å². The summed E-state index contributed by atoms with van der Waals surface area (Å²) in [5.41, 5.74) is 1.36. The van der Waals surface area contributed by atoms with Crippen molar-refractivity contribution in [2.24, 2.45) is 0 Å². The van der Waals surface area contributed by atoms with Crippen molar-refractivity contribution in [2.75, 3.05) is 0 Å². The predicted molar refractivity (Wildman–Crippen MR) is 58.4 cm³/mol. The van der Waals surface area contributed by atoms with Gasteiger partial charge in [-0.3, -0.25) is 4.79 Å². The van der Waals surface area contributed by atoms with Crippen molar-refractivity contribution in [1.82, 2.24) is 9.55 Å². The monoisotopic (exact) mass is 220 g/mol. The standard InChI is InChI=1S/C11H12N2O3/c1-2-10-12-8-4-3-7(14)5-9(8)13(10)6-11(15)16/h3-5,14H,2,6H2,1H3,(H,15,16). The van der Waals surface area contributed by atoms with Gasteiger partial charge in [-0.15, -0.1) is 0 Å². The molecule has 1 aromatic carbocycles. The van der Waals surface area contributed by atoms with Crippen molar-refractivity contribution in [3.8, 4) is 5.75 Å². The maximum absolute atomic E-state index is 10.8. The van der Waals surface area contributed by atoms with E-state index in [2.05, 4.69) is 4.98 Å². The van der Waals surface area contributed by atoms with Crippen LogP contribution in [0.1, 0.15) is 12.7 Å². The van der Waals surface area contributed by atoms with E-state index in [0.29, 0.717) is 23.3 Å². The van der Waals surface area contributed by atoms with Crippen LogP contribution < -0.4 is 0 Å². The Morgan fingerprint density at radius 1 is 1.50 bits per heavy atom. The smallest absolute Gasteiger partial charge is 0.323 e. The van der Waals surface area contributed by atoms with E-state index in [4.69, 9.17) is 5.11 Å². The SMILES string of the molecule is CCc1nc2ccc(O)cc2n1CC(=O)O. The van der Waals surface area contributed by atoms with Crippen LogP contribution in [-0.2, 0) is 17.8 Å². The van der Waals surface area contributed by atoms with E-state index in [0.717, 1.165) is 0 Å². The molecule has 0 saturated carbocycles. The Morgan fingerprint density at radius 2 is 2.25 bits per heavy atom. The maximum Gasteiger partial charge on any atom is 0.323 e. The molecule has 0 aliphatic heterocycles. The van der Waals surface area contributed by atoms with Crippen molar-refractivity contribution >= 4 is 17.0 Å². The molecule has 1 heterocycles. The molecule has 0 amide bonds. The lowest BCUT2D eigenvalue weighted by Crippen LogP contribution is -2.11. The number of aromatic hydroxyl groups is 1. The minimum Gasteiger partial charge on any atom is -0.508 e. The van der Waals surface area contributed by atoms with Gasteiger partial charge in [0.25, 0.3) is 0 Å². The normalized spacial score (nSPS) is 10.8. The van der Waals surface area contributed by atoms with Gasteiger partial charge in [-0.05, 0) is 12.1 Å². The molecule has 5 heteroatoms. The molecular formula is C11H12N2O3. The summed E-state index contributed by atoms with van der Waals surface area (Å²) in [5, 5.41) is 18.2. The Kier molecular flexibility index (Phi) is 2.52. The van der Waals surface area contributed by atoms with Crippen molar-refractivity contribution in [2.45, 2.75) is 19.9 Å². The van der Waals surface area contributed by atoms with E-state index in [-0.39, 0.29) is 12.3 Å². The molecule has 1 aromatic heterocycles. The lowest BCUT2D eigenvalue weighted by atomic mass is 10.3. The van der Waals surface area contributed by atoms with Crippen LogP contribution in [0.3, 0.4) is 0 Å². The van der Waals surface area contributed by atoms with Gasteiger partial charge in [0.15, 0.2) is 0 Å². The molecule has 0 radical (unpaired) electrons. The molecule has 0 spiro atoms. The van der Waals surface area contributed by atoms with Gasteiger partial charge in [-0.25, -0.2) is 4.98 Å². The second-order valence-electron chi connectivity index (χ2n) is 3.53. The molecule has 0 atom stereocenters. The fraction of sp³-hybridized carbons (Fsp3) is 0.273. The van der Waals surface area contributed by atoms with Crippen LogP contribution in [0.15, 0.2) is 18.2 Å². The molecule has 0 bridgehead atoms. The minimum atomic E-state index is -0.919. The van der Waals surface area contributed by atoms with Gasteiger partial charge in [0, 0.05) is 12.5 Å². The number of imidazole rings is 1. The first-order valence-electron chi connectivity index (χ1n) is 5.01. The molecule has 16 heavy (non-hydrogen) atoms. The zero-order valence-electron chi connectivity index (χ0n) is 8.84. The zero-order valence-corrected chi connectivity index (χ0v) is 8.84. The van der Waals surface area contributed by atoms with Gasteiger partial charge < -0.3 is 14.8 Å². The van der Waals surface area contributed by atoms with E-state index >= 15 is 0 Å². The topological polar surface area (TPSA) is 75.4 Å². The maximum atomic E-state index is 10.8. The number of phenolic OH excluding ortho intramolecular Hbond substituents is 1. The van der Waals surface area contributed by atoms with Gasteiger partial charge in [0.1, 0.15) is 18.1 Å². The van der Waals surface area contributed by atoms with E-state index in [1.807, 2.05) is 6.92 Å². The van der Waals surface area contributed by atoms with Crippen LogP contribution in [0, 0.1) is 0 Å². The van der Waals surface area contributed by atoms with E-state index in [1.165, 1.54) is 6.07 Å². The third-order valence-electron chi connectivity index (χ3n) is 2.42. The van der Waals surface area contributed by atoms with E-state index in [1.54, 1.807) is 16.7 Å². The number of carboxylic acids is 1. The highest BCUT2D eigenvalue weighted by molar-refractivity contribution is 5.79. The van der Waals surface area contributed by atoms with Crippen molar-refractivity contribution in [3.05, 3.63) is 24.0 Å². The van der Waals surface area contributed by atoms with Crippen LogP contribution in [0.4, 0.5) is 0 Å². The second kappa shape index (κ2) is 3.84. The summed E-state index contributed by atoms with van der Waals surface area (Å²) in [6.07, 6.45) is 0.655. The van der Waals surface area contributed by atoms with E-state index < -0.39 is 5.97 Å². The quantitative estimate of drug-likeness (QED) is 0.819. The van der Waals surface area contributed by atoms with E-state index in [9.17, 15) is 9.90 Å². The zero-order chi connectivity index (χ0) is 11.7. The van der Waals surface area contributed by atoms with Crippen LogP contribution in [0.25, 0.3) is 11.0 Å². The number of hydrogen-bond donors (Lipinski definition) is 2. The molecule has 5 nitrogen and oxygen atoms in total. The lowest BCUT2D eigenvalue weighted by molar-refractivity contribution is -0.137. The fourth-order valence-corrected chi connectivity index (χ4v) is 1.74. The Labute approximate surface area is 92.0 Å². The highest BCUT2D eigenvalue weighted by Gasteiger charge is 2.12. The number of hydrogen-bond acceptors (Lipinski definition) is 3. The first kappa shape index (κ1) is 10.5. The molecule has 2 rings (SSSR count). The summed E-state index contributed by atoms with van der Waals surface area (Å²) in [6.45, 7) is 1.78. The van der Waals surface area contributed by atoms with Gasteiger partial charge in [0.05, 0.1) is 11.0 Å². The number of carbonyl (C=O) groups is 1. The molecule has 0 aliphatic rings.